The minimum Gasteiger partial charge on any atom is -0.355 e. The molecule has 26 heavy (non-hydrogen) atoms. The van der Waals surface area contributed by atoms with Gasteiger partial charge < -0.3 is 5.32 Å². The van der Waals surface area contributed by atoms with Gasteiger partial charge >= 0.3 is 0 Å². The van der Waals surface area contributed by atoms with E-state index in [1.165, 1.54) is 11.1 Å². The molecule has 146 valence electrons. The van der Waals surface area contributed by atoms with Crippen LogP contribution in [0.4, 0.5) is 0 Å². The molecule has 1 N–H and O–H groups in total. The average Bonchev–Trinajstić information content (AvgIpc) is 2.80. The number of nitrogens with one attached hydrogen (secondary N) is 1. The maximum absolute atomic E-state index is 12.3. The van der Waals surface area contributed by atoms with Gasteiger partial charge in [-0.05, 0) is 63.7 Å². The largest absolute Gasteiger partial charge is 0.355 e. The summed E-state index contributed by atoms with van der Waals surface area (Å²) in [6.07, 6.45) is 2.02. The fourth-order valence-corrected chi connectivity index (χ4v) is 3.47. The van der Waals surface area contributed by atoms with Crippen LogP contribution in [0, 0.1) is 0 Å². The molecule has 1 amide bonds. The van der Waals surface area contributed by atoms with E-state index >= 15 is 0 Å². The van der Waals surface area contributed by atoms with Crippen LogP contribution in [-0.4, -0.2) is 60.5 Å². The van der Waals surface area contributed by atoms with Crippen molar-refractivity contribution in [1.29, 1.82) is 0 Å². The van der Waals surface area contributed by atoms with Gasteiger partial charge in [-0.2, -0.15) is 0 Å². The lowest BCUT2D eigenvalue weighted by molar-refractivity contribution is -0.122. The molecule has 0 spiro atoms. The standard InChI is InChI=1S/C22H37N3O/c1-18(2)20-9-7-19(8-10-20)11-12-23-21(26)17-24-13-6-14-25(16-15-24)22(3,4)5/h7-10,18H,6,11-17H2,1-5H3,(H,23,26). The molecule has 1 aromatic carbocycles. The molecule has 1 aliphatic rings. The maximum Gasteiger partial charge on any atom is 0.234 e. The van der Waals surface area contributed by atoms with Crippen LogP contribution in [0.5, 0.6) is 0 Å². The second kappa shape index (κ2) is 9.52. The van der Waals surface area contributed by atoms with Crippen LogP contribution >= 0.6 is 0 Å². The molecule has 1 aliphatic heterocycles. The Kier molecular flexibility index (Phi) is 7.66. The van der Waals surface area contributed by atoms with Gasteiger partial charge in [0.25, 0.3) is 0 Å². The van der Waals surface area contributed by atoms with Crippen LogP contribution in [-0.2, 0) is 11.2 Å². The second-order valence-electron chi connectivity index (χ2n) is 8.78. The first-order chi connectivity index (χ1) is 12.3. The van der Waals surface area contributed by atoms with E-state index in [1.807, 2.05) is 0 Å². The van der Waals surface area contributed by atoms with Crippen molar-refractivity contribution in [3.8, 4) is 0 Å². The van der Waals surface area contributed by atoms with Gasteiger partial charge in [0, 0.05) is 25.2 Å². The Hall–Kier alpha value is -1.39. The molecule has 1 aromatic rings. The van der Waals surface area contributed by atoms with Gasteiger partial charge in [0.15, 0.2) is 0 Å². The third-order valence-corrected chi connectivity index (χ3v) is 5.29. The summed E-state index contributed by atoms with van der Waals surface area (Å²) in [6.45, 7) is 16.6. The van der Waals surface area contributed by atoms with Crippen LogP contribution in [0.1, 0.15) is 58.1 Å². The zero-order valence-corrected chi connectivity index (χ0v) is 17.3. The van der Waals surface area contributed by atoms with Gasteiger partial charge in [0.1, 0.15) is 0 Å². The van der Waals surface area contributed by atoms with Crippen molar-refractivity contribution in [3.63, 3.8) is 0 Å². The Morgan fingerprint density at radius 3 is 2.38 bits per heavy atom. The smallest absolute Gasteiger partial charge is 0.234 e. The summed E-state index contributed by atoms with van der Waals surface area (Å²) in [5, 5.41) is 3.08. The van der Waals surface area contributed by atoms with Crippen molar-refractivity contribution in [2.75, 3.05) is 39.3 Å². The summed E-state index contributed by atoms with van der Waals surface area (Å²) in [7, 11) is 0. The molecule has 0 saturated carbocycles. The molecule has 0 atom stereocenters. The van der Waals surface area contributed by atoms with Crippen LogP contribution < -0.4 is 5.32 Å². The van der Waals surface area contributed by atoms with E-state index in [0.29, 0.717) is 19.0 Å². The van der Waals surface area contributed by atoms with E-state index in [-0.39, 0.29) is 11.4 Å². The molecule has 1 heterocycles. The molecule has 0 aliphatic carbocycles. The van der Waals surface area contributed by atoms with Gasteiger partial charge in [-0.1, -0.05) is 38.1 Å². The summed E-state index contributed by atoms with van der Waals surface area (Å²) < 4.78 is 0. The zero-order valence-electron chi connectivity index (χ0n) is 17.3. The van der Waals surface area contributed by atoms with Crippen LogP contribution in [0.3, 0.4) is 0 Å². The predicted molar refractivity (Wildman–Crippen MR) is 110 cm³/mol. The number of amides is 1. The lowest BCUT2D eigenvalue weighted by Gasteiger charge is -2.34. The highest BCUT2D eigenvalue weighted by Crippen LogP contribution is 2.16. The van der Waals surface area contributed by atoms with E-state index in [2.05, 4.69) is 74.0 Å². The highest BCUT2D eigenvalue weighted by molar-refractivity contribution is 5.78. The average molecular weight is 360 g/mol. The fourth-order valence-electron chi connectivity index (χ4n) is 3.47. The molecule has 4 heteroatoms. The van der Waals surface area contributed by atoms with Gasteiger partial charge in [-0.3, -0.25) is 14.6 Å². The summed E-state index contributed by atoms with van der Waals surface area (Å²) in [6, 6.07) is 8.74. The lowest BCUT2D eigenvalue weighted by atomic mass is 10.0. The SMILES string of the molecule is CC(C)c1ccc(CCNC(=O)CN2CCCN(C(C)(C)C)CC2)cc1. The fraction of sp³-hybridized carbons (Fsp3) is 0.682. The molecule has 1 fully saturated rings. The van der Waals surface area contributed by atoms with Crippen molar-refractivity contribution in [3.05, 3.63) is 35.4 Å². The Bertz CT molecular complexity index is 560. The number of hydrogen-bond acceptors (Lipinski definition) is 3. The van der Waals surface area contributed by atoms with Crippen LogP contribution in [0.25, 0.3) is 0 Å². The maximum atomic E-state index is 12.3. The molecular formula is C22H37N3O. The predicted octanol–water partition coefficient (Wildman–Crippen LogP) is 3.27. The first-order valence-corrected chi connectivity index (χ1v) is 10.1. The number of rotatable bonds is 6. The highest BCUT2D eigenvalue weighted by Gasteiger charge is 2.24. The molecular weight excluding hydrogens is 322 g/mol. The number of hydrogen-bond donors (Lipinski definition) is 1. The van der Waals surface area contributed by atoms with Crippen molar-refractivity contribution in [2.24, 2.45) is 0 Å². The summed E-state index contributed by atoms with van der Waals surface area (Å²) in [5.41, 5.74) is 2.86. The van der Waals surface area contributed by atoms with E-state index in [1.54, 1.807) is 0 Å². The second-order valence-corrected chi connectivity index (χ2v) is 8.78. The van der Waals surface area contributed by atoms with Crippen molar-refractivity contribution < 1.29 is 4.79 Å². The normalized spacial score (nSPS) is 17.3. The number of nitrogens with zero attached hydrogens (tertiary/aromatic N) is 2. The van der Waals surface area contributed by atoms with Gasteiger partial charge in [0.2, 0.25) is 5.91 Å². The molecule has 1 saturated heterocycles. The van der Waals surface area contributed by atoms with E-state index in [4.69, 9.17) is 0 Å². The Morgan fingerprint density at radius 2 is 1.77 bits per heavy atom. The van der Waals surface area contributed by atoms with Crippen LogP contribution in [0.15, 0.2) is 24.3 Å². The number of carbonyl (C=O) groups excluding carboxylic acids is 1. The van der Waals surface area contributed by atoms with Gasteiger partial charge in [-0.25, -0.2) is 0 Å². The van der Waals surface area contributed by atoms with Gasteiger partial charge in [0.05, 0.1) is 6.54 Å². The quantitative estimate of drug-likeness (QED) is 0.847. The Labute approximate surface area is 159 Å². The van der Waals surface area contributed by atoms with Crippen molar-refractivity contribution >= 4 is 5.91 Å². The molecule has 2 rings (SSSR count). The first-order valence-electron chi connectivity index (χ1n) is 10.1. The van der Waals surface area contributed by atoms with E-state index in [0.717, 1.165) is 39.0 Å². The summed E-state index contributed by atoms with van der Waals surface area (Å²) in [4.78, 5) is 17.1. The zero-order chi connectivity index (χ0) is 19.2. The van der Waals surface area contributed by atoms with Gasteiger partial charge in [-0.15, -0.1) is 0 Å². The number of benzene rings is 1. The Morgan fingerprint density at radius 1 is 1.08 bits per heavy atom. The van der Waals surface area contributed by atoms with Crippen molar-refractivity contribution in [2.45, 2.75) is 58.9 Å². The Balaban J connectivity index is 1.70. The summed E-state index contributed by atoms with van der Waals surface area (Å²) in [5.74, 6) is 0.708. The van der Waals surface area contributed by atoms with E-state index in [9.17, 15) is 4.79 Å². The lowest BCUT2D eigenvalue weighted by Crippen LogP contribution is -2.44. The molecule has 0 aromatic heterocycles. The molecule has 4 nitrogen and oxygen atoms in total. The van der Waals surface area contributed by atoms with Crippen molar-refractivity contribution in [1.82, 2.24) is 15.1 Å². The molecule has 0 radical (unpaired) electrons. The minimum absolute atomic E-state index is 0.146. The number of carbonyl (C=O) groups is 1. The first kappa shape index (κ1) is 20.9. The van der Waals surface area contributed by atoms with E-state index < -0.39 is 0 Å². The van der Waals surface area contributed by atoms with Crippen LogP contribution in [0.2, 0.25) is 0 Å². The third kappa shape index (κ3) is 6.73. The third-order valence-electron chi connectivity index (χ3n) is 5.29. The monoisotopic (exact) mass is 359 g/mol. The minimum atomic E-state index is 0.146. The molecule has 0 unspecified atom stereocenters. The topological polar surface area (TPSA) is 35.6 Å². The molecule has 0 bridgehead atoms. The summed E-state index contributed by atoms with van der Waals surface area (Å²) >= 11 is 0. The highest BCUT2D eigenvalue weighted by atomic mass is 16.2.